The molecule has 0 atom stereocenters. The fraction of sp³-hybridized carbons (Fsp3) is 0.400. The van der Waals surface area contributed by atoms with Crippen LogP contribution in [0.4, 0.5) is 0 Å². The molecule has 1 fully saturated rings. The molecule has 19 heavy (non-hydrogen) atoms. The zero-order valence-electron chi connectivity index (χ0n) is 11.1. The molecule has 1 saturated heterocycles. The Balaban J connectivity index is 1.94. The van der Waals surface area contributed by atoms with E-state index in [0.717, 1.165) is 44.1 Å². The number of methoxy groups -OCH3 is 1. The van der Waals surface area contributed by atoms with Crippen molar-refractivity contribution in [3.05, 3.63) is 36.0 Å². The van der Waals surface area contributed by atoms with Gasteiger partial charge in [0.05, 0.1) is 20.3 Å². The van der Waals surface area contributed by atoms with E-state index in [1.165, 1.54) is 10.9 Å². The Labute approximate surface area is 113 Å². The smallest absolute Gasteiger partial charge is 0.145 e. The lowest BCUT2D eigenvalue weighted by Crippen LogP contribution is -2.35. The van der Waals surface area contributed by atoms with Crippen molar-refractivity contribution in [1.82, 2.24) is 9.88 Å². The largest absolute Gasteiger partial charge is 0.494 e. The maximum absolute atomic E-state index is 5.39. The third-order valence-corrected chi connectivity index (χ3v) is 3.54. The van der Waals surface area contributed by atoms with Gasteiger partial charge in [0.25, 0.3) is 0 Å². The molecule has 0 spiro atoms. The average Bonchev–Trinajstić information content (AvgIpc) is 2.48. The number of hydrogen-bond donors (Lipinski definition) is 0. The fourth-order valence-corrected chi connectivity index (χ4v) is 2.51. The normalized spacial score (nSPS) is 16.7. The van der Waals surface area contributed by atoms with Crippen LogP contribution in [-0.4, -0.2) is 43.3 Å². The first-order valence-corrected chi connectivity index (χ1v) is 6.59. The van der Waals surface area contributed by atoms with Gasteiger partial charge in [-0.2, -0.15) is 0 Å². The highest BCUT2D eigenvalue weighted by atomic mass is 16.5. The number of ether oxygens (including phenoxy) is 2. The first kappa shape index (κ1) is 12.4. The molecule has 2 aromatic rings. The van der Waals surface area contributed by atoms with Crippen LogP contribution in [0.15, 0.2) is 30.5 Å². The molecular weight excluding hydrogens is 240 g/mol. The summed E-state index contributed by atoms with van der Waals surface area (Å²) in [7, 11) is 1.69. The number of hydrogen-bond acceptors (Lipinski definition) is 4. The van der Waals surface area contributed by atoms with Crippen molar-refractivity contribution in [3.8, 4) is 5.75 Å². The number of benzene rings is 1. The number of pyridine rings is 1. The van der Waals surface area contributed by atoms with Crippen LogP contribution in [0.5, 0.6) is 5.75 Å². The third-order valence-electron chi connectivity index (χ3n) is 3.54. The summed E-state index contributed by atoms with van der Waals surface area (Å²) in [5.41, 5.74) is 2.24. The van der Waals surface area contributed by atoms with Gasteiger partial charge < -0.3 is 9.47 Å². The van der Waals surface area contributed by atoms with Crippen LogP contribution < -0.4 is 4.74 Å². The summed E-state index contributed by atoms with van der Waals surface area (Å²) in [6.45, 7) is 4.58. The highest BCUT2D eigenvalue weighted by molar-refractivity contribution is 5.87. The molecule has 0 N–H and O–H groups in total. The summed E-state index contributed by atoms with van der Waals surface area (Å²) in [4.78, 5) is 6.85. The van der Waals surface area contributed by atoms with E-state index in [2.05, 4.69) is 22.0 Å². The van der Waals surface area contributed by atoms with Crippen molar-refractivity contribution >= 4 is 10.9 Å². The van der Waals surface area contributed by atoms with Crippen LogP contribution in [0.3, 0.4) is 0 Å². The molecule has 3 rings (SSSR count). The topological polar surface area (TPSA) is 34.6 Å². The Morgan fingerprint density at radius 3 is 2.89 bits per heavy atom. The summed E-state index contributed by atoms with van der Waals surface area (Å²) < 4.78 is 10.8. The van der Waals surface area contributed by atoms with Crippen molar-refractivity contribution in [3.63, 3.8) is 0 Å². The number of aromatic nitrogens is 1. The monoisotopic (exact) mass is 258 g/mol. The molecule has 1 aromatic heterocycles. The lowest BCUT2D eigenvalue weighted by Gasteiger charge is -2.27. The molecule has 100 valence electrons. The van der Waals surface area contributed by atoms with E-state index in [-0.39, 0.29) is 0 Å². The summed E-state index contributed by atoms with van der Waals surface area (Å²) in [6, 6.07) is 8.18. The maximum Gasteiger partial charge on any atom is 0.145 e. The predicted molar refractivity (Wildman–Crippen MR) is 74.4 cm³/mol. The van der Waals surface area contributed by atoms with Gasteiger partial charge in [-0.3, -0.25) is 9.88 Å². The number of morpholine rings is 1. The molecule has 1 aliphatic rings. The molecule has 0 radical (unpaired) electrons. The first-order chi connectivity index (χ1) is 9.38. The molecule has 0 bridgehead atoms. The van der Waals surface area contributed by atoms with Gasteiger partial charge in [-0.15, -0.1) is 0 Å². The van der Waals surface area contributed by atoms with E-state index in [1.807, 2.05) is 18.3 Å². The third kappa shape index (κ3) is 2.55. The van der Waals surface area contributed by atoms with Crippen LogP contribution in [0.25, 0.3) is 10.9 Å². The second kappa shape index (κ2) is 5.55. The number of rotatable bonds is 3. The van der Waals surface area contributed by atoms with Gasteiger partial charge in [0, 0.05) is 31.2 Å². The SMILES string of the molecule is COc1cccc2c(CN3CCOCC3)ccnc12. The molecule has 1 aliphatic heterocycles. The van der Waals surface area contributed by atoms with Crippen molar-refractivity contribution in [2.75, 3.05) is 33.4 Å². The fourth-order valence-electron chi connectivity index (χ4n) is 2.51. The summed E-state index contributed by atoms with van der Waals surface area (Å²) in [6.07, 6.45) is 1.86. The molecule has 2 heterocycles. The van der Waals surface area contributed by atoms with Crippen LogP contribution in [0.2, 0.25) is 0 Å². The van der Waals surface area contributed by atoms with Gasteiger partial charge >= 0.3 is 0 Å². The van der Waals surface area contributed by atoms with Crippen LogP contribution >= 0.6 is 0 Å². The molecule has 0 unspecified atom stereocenters. The van der Waals surface area contributed by atoms with Gasteiger partial charge in [-0.05, 0) is 17.7 Å². The molecule has 0 saturated carbocycles. The molecule has 0 aliphatic carbocycles. The van der Waals surface area contributed by atoms with E-state index in [1.54, 1.807) is 7.11 Å². The van der Waals surface area contributed by atoms with Crippen molar-refractivity contribution < 1.29 is 9.47 Å². The Hall–Kier alpha value is -1.65. The molecule has 4 heteroatoms. The van der Waals surface area contributed by atoms with Crippen molar-refractivity contribution in [1.29, 1.82) is 0 Å². The second-order valence-corrected chi connectivity index (χ2v) is 4.72. The minimum Gasteiger partial charge on any atom is -0.494 e. The highest BCUT2D eigenvalue weighted by Crippen LogP contribution is 2.26. The van der Waals surface area contributed by atoms with Gasteiger partial charge in [0.15, 0.2) is 0 Å². The first-order valence-electron chi connectivity index (χ1n) is 6.59. The quantitative estimate of drug-likeness (QED) is 0.844. The van der Waals surface area contributed by atoms with Crippen LogP contribution in [-0.2, 0) is 11.3 Å². The number of nitrogens with zero attached hydrogens (tertiary/aromatic N) is 2. The van der Waals surface area contributed by atoms with Gasteiger partial charge in [0.1, 0.15) is 11.3 Å². The standard InChI is InChI=1S/C15H18N2O2/c1-18-14-4-2-3-13-12(5-6-16-15(13)14)11-17-7-9-19-10-8-17/h2-6H,7-11H2,1H3. The van der Waals surface area contributed by atoms with Crippen molar-refractivity contribution in [2.24, 2.45) is 0 Å². The Bertz CT molecular complexity index is 565. The zero-order valence-corrected chi connectivity index (χ0v) is 11.1. The Morgan fingerprint density at radius 2 is 2.11 bits per heavy atom. The average molecular weight is 258 g/mol. The Morgan fingerprint density at radius 1 is 1.26 bits per heavy atom. The number of para-hydroxylation sites is 1. The summed E-state index contributed by atoms with van der Waals surface area (Å²) >= 11 is 0. The van der Waals surface area contributed by atoms with Gasteiger partial charge in [-0.25, -0.2) is 0 Å². The minimum atomic E-state index is 0.826. The van der Waals surface area contributed by atoms with E-state index in [0.29, 0.717) is 0 Å². The van der Waals surface area contributed by atoms with Crippen molar-refractivity contribution in [2.45, 2.75) is 6.54 Å². The van der Waals surface area contributed by atoms with Crippen LogP contribution in [0, 0.1) is 0 Å². The second-order valence-electron chi connectivity index (χ2n) is 4.72. The Kier molecular flexibility index (Phi) is 3.62. The summed E-state index contributed by atoms with van der Waals surface area (Å²) in [5, 5.41) is 1.17. The minimum absolute atomic E-state index is 0.826. The van der Waals surface area contributed by atoms with E-state index in [4.69, 9.17) is 9.47 Å². The van der Waals surface area contributed by atoms with E-state index >= 15 is 0 Å². The number of fused-ring (bicyclic) bond motifs is 1. The zero-order chi connectivity index (χ0) is 13.1. The van der Waals surface area contributed by atoms with Gasteiger partial charge in [-0.1, -0.05) is 12.1 Å². The highest BCUT2D eigenvalue weighted by Gasteiger charge is 2.13. The van der Waals surface area contributed by atoms with E-state index in [9.17, 15) is 0 Å². The van der Waals surface area contributed by atoms with Gasteiger partial charge in [0.2, 0.25) is 0 Å². The summed E-state index contributed by atoms with van der Waals surface area (Å²) in [5.74, 6) is 0.835. The lowest BCUT2D eigenvalue weighted by atomic mass is 10.1. The van der Waals surface area contributed by atoms with Crippen LogP contribution in [0.1, 0.15) is 5.56 Å². The lowest BCUT2D eigenvalue weighted by molar-refractivity contribution is 0.0343. The molecular formula is C15H18N2O2. The molecule has 1 aromatic carbocycles. The van der Waals surface area contributed by atoms with E-state index < -0.39 is 0 Å². The predicted octanol–water partition coefficient (Wildman–Crippen LogP) is 2.08. The molecule has 4 nitrogen and oxygen atoms in total. The maximum atomic E-state index is 5.39. The molecule has 0 amide bonds.